The number of aromatic carboxylic acids is 1. The van der Waals surface area contributed by atoms with Crippen LogP contribution in [-0.2, 0) is 22.9 Å². The Balaban J connectivity index is 2.01. The van der Waals surface area contributed by atoms with Gasteiger partial charge in [0.25, 0.3) is 0 Å². The standard InChI is InChI=1S/C17H24N2O4S/c1-2-18-7-9-19(10-8-18)24(22,23)16-12-14(17(20)21)11-13-5-3-4-6-15(13)16/h11-12H,2-10H2,1H3,(H,20,21). The van der Waals surface area contributed by atoms with E-state index in [4.69, 9.17) is 0 Å². The lowest BCUT2D eigenvalue weighted by Gasteiger charge is -2.34. The maximum Gasteiger partial charge on any atom is 0.335 e. The lowest BCUT2D eigenvalue weighted by atomic mass is 9.90. The van der Waals surface area contributed by atoms with Gasteiger partial charge in [-0.25, -0.2) is 13.2 Å². The van der Waals surface area contributed by atoms with Crippen LogP contribution in [0.1, 0.15) is 41.3 Å². The average molecular weight is 352 g/mol. The fourth-order valence-corrected chi connectivity index (χ4v) is 5.35. The first kappa shape index (κ1) is 17.4. The zero-order valence-corrected chi connectivity index (χ0v) is 14.8. The predicted octanol–water partition coefficient (Wildman–Crippen LogP) is 1.59. The molecule has 6 nitrogen and oxygen atoms in total. The molecule has 1 aliphatic heterocycles. The Morgan fingerprint density at radius 2 is 1.79 bits per heavy atom. The van der Waals surface area contributed by atoms with Gasteiger partial charge >= 0.3 is 5.97 Å². The molecule has 1 heterocycles. The lowest BCUT2D eigenvalue weighted by molar-refractivity contribution is 0.0696. The highest BCUT2D eigenvalue weighted by atomic mass is 32.2. The highest BCUT2D eigenvalue weighted by Gasteiger charge is 2.32. The van der Waals surface area contributed by atoms with Crippen LogP contribution >= 0.6 is 0 Å². The maximum atomic E-state index is 13.1. The zero-order chi connectivity index (χ0) is 17.3. The molecule has 7 heteroatoms. The van der Waals surface area contributed by atoms with E-state index in [1.54, 1.807) is 6.07 Å². The van der Waals surface area contributed by atoms with Crippen LogP contribution in [-0.4, -0.2) is 61.4 Å². The molecule has 0 amide bonds. The molecular formula is C17H24N2O4S. The van der Waals surface area contributed by atoms with E-state index in [2.05, 4.69) is 11.8 Å². The maximum absolute atomic E-state index is 13.1. The number of rotatable bonds is 4. The Labute approximate surface area is 143 Å². The van der Waals surface area contributed by atoms with Crippen molar-refractivity contribution in [3.05, 3.63) is 28.8 Å². The van der Waals surface area contributed by atoms with E-state index in [1.807, 2.05) is 0 Å². The molecule has 0 unspecified atom stereocenters. The predicted molar refractivity (Wildman–Crippen MR) is 90.9 cm³/mol. The van der Waals surface area contributed by atoms with Gasteiger partial charge in [-0.05, 0) is 55.5 Å². The number of aryl methyl sites for hydroxylation is 1. The lowest BCUT2D eigenvalue weighted by Crippen LogP contribution is -2.48. The molecule has 24 heavy (non-hydrogen) atoms. The molecule has 1 aliphatic carbocycles. The number of carboxylic acid groups (broad SMARTS) is 1. The second kappa shape index (κ2) is 6.82. The van der Waals surface area contributed by atoms with E-state index < -0.39 is 16.0 Å². The van der Waals surface area contributed by atoms with Gasteiger partial charge in [-0.3, -0.25) is 0 Å². The quantitative estimate of drug-likeness (QED) is 0.890. The van der Waals surface area contributed by atoms with Crippen molar-refractivity contribution in [3.8, 4) is 0 Å². The summed E-state index contributed by atoms with van der Waals surface area (Å²) in [6.07, 6.45) is 3.39. The molecule has 0 aromatic heterocycles. The van der Waals surface area contributed by atoms with Crippen molar-refractivity contribution in [1.82, 2.24) is 9.21 Å². The third-order valence-electron chi connectivity index (χ3n) is 5.07. The number of likely N-dealkylation sites (N-methyl/N-ethyl adjacent to an activating group) is 1. The fraction of sp³-hybridized carbons (Fsp3) is 0.588. The molecule has 0 radical (unpaired) electrons. The van der Waals surface area contributed by atoms with Crippen molar-refractivity contribution in [2.75, 3.05) is 32.7 Å². The van der Waals surface area contributed by atoms with Gasteiger partial charge in [-0.2, -0.15) is 4.31 Å². The molecule has 0 saturated carbocycles. The summed E-state index contributed by atoms with van der Waals surface area (Å²) in [7, 11) is -3.65. The van der Waals surface area contributed by atoms with Crippen molar-refractivity contribution in [3.63, 3.8) is 0 Å². The van der Waals surface area contributed by atoms with Crippen LogP contribution in [0.3, 0.4) is 0 Å². The second-order valence-electron chi connectivity index (χ2n) is 6.46. The normalized spacial score (nSPS) is 19.9. The van der Waals surface area contributed by atoms with Crippen molar-refractivity contribution in [1.29, 1.82) is 0 Å². The minimum absolute atomic E-state index is 0.0708. The largest absolute Gasteiger partial charge is 0.478 e. The first-order valence-electron chi connectivity index (χ1n) is 8.55. The molecule has 3 rings (SSSR count). The Morgan fingerprint density at radius 1 is 1.12 bits per heavy atom. The number of piperazine rings is 1. The van der Waals surface area contributed by atoms with E-state index in [0.717, 1.165) is 50.0 Å². The average Bonchev–Trinajstić information content (AvgIpc) is 2.60. The smallest absolute Gasteiger partial charge is 0.335 e. The second-order valence-corrected chi connectivity index (χ2v) is 8.37. The molecule has 0 bridgehead atoms. The molecule has 1 aromatic rings. The van der Waals surface area contributed by atoms with E-state index in [0.29, 0.717) is 19.5 Å². The Morgan fingerprint density at radius 3 is 2.42 bits per heavy atom. The molecular weight excluding hydrogens is 328 g/mol. The number of sulfonamides is 1. The number of hydrogen-bond acceptors (Lipinski definition) is 4. The molecule has 2 aliphatic rings. The third kappa shape index (κ3) is 3.20. The number of carboxylic acids is 1. The van der Waals surface area contributed by atoms with Crippen molar-refractivity contribution < 1.29 is 18.3 Å². The number of carbonyl (C=O) groups is 1. The fourth-order valence-electron chi connectivity index (χ4n) is 3.61. The molecule has 1 aromatic carbocycles. The van der Waals surface area contributed by atoms with Crippen molar-refractivity contribution >= 4 is 16.0 Å². The molecule has 1 saturated heterocycles. The van der Waals surface area contributed by atoms with Gasteiger partial charge in [0.05, 0.1) is 10.5 Å². The molecule has 132 valence electrons. The molecule has 1 N–H and O–H groups in total. The summed E-state index contributed by atoms with van der Waals surface area (Å²) in [6.45, 7) is 5.34. The van der Waals surface area contributed by atoms with Crippen molar-refractivity contribution in [2.24, 2.45) is 0 Å². The first-order chi connectivity index (χ1) is 11.4. The van der Waals surface area contributed by atoms with E-state index >= 15 is 0 Å². The summed E-state index contributed by atoms with van der Waals surface area (Å²) in [6, 6.07) is 3.00. The summed E-state index contributed by atoms with van der Waals surface area (Å²) in [5, 5.41) is 9.34. The van der Waals surface area contributed by atoms with Crippen LogP contribution in [0, 0.1) is 0 Å². The van der Waals surface area contributed by atoms with Crippen molar-refractivity contribution in [2.45, 2.75) is 37.5 Å². The van der Waals surface area contributed by atoms with Crippen LogP contribution in [0.4, 0.5) is 0 Å². The minimum Gasteiger partial charge on any atom is -0.478 e. The van der Waals surface area contributed by atoms with Gasteiger partial charge in [0.15, 0.2) is 0 Å². The Kier molecular flexibility index (Phi) is 4.94. The third-order valence-corrected chi connectivity index (χ3v) is 7.03. The first-order valence-corrected chi connectivity index (χ1v) is 9.99. The zero-order valence-electron chi connectivity index (χ0n) is 14.0. The van der Waals surface area contributed by atoms with Crippen LogP contribution in [0.2, 0.25) is 0 Å². The monoisotopic (exact) mass is 352 g/mol. The molecule has 0 spiro atoms. The number of fused-ring (bicyclic) bond motifs is 1. The summed E-state index contributed by atoms with van der Waals surface area (Å²) in [4.78, 5) is 13.8. The van der Waals surface area contributed by atoms with E-state index in [-0.39, 0.29) is 10.5 Å². The number of benzene rings is 1. The molecule has 0 atom stereocenters. The Bertz CT molecular complexity index is 737. The SMILES string of the molecule is CCN1CCN(S(=O)(=O)c2cc(C(=O)O)cc3c2CCCC3)CC1. The molecule has 1 fully saturated rings. The van der Waals surface area contributed by atoms with Gasteiger partial charge in [-0.1, -0.05) is 6.92 Å². The highest BCUT2D eigenvalue weighted by molar-refractivity contribution is 7.89. The summed E-state index contributed by atoms with van der Waals surface area (Å²) in [5.74, 6) is -1.07. The van der Waals surface area contributed by atoms with E-state index in [1.165, 1.54) is 10.4 Å². The summed E-state index contributed by atoms with van der Waals surface area (Å²) >= 11 is 0. The minimum atomic E-state index is -3.65. The van der Waals surface area contributed by atoms with Gasteiger partial charge in [0.1, 0.15) is 0 Å². The van der Waals surface area contributed by atoms with E-state index in [9.17, 15) is 18.3 Å². The summed E-state index contributed by atoms with van der Waals surface area (Å²) < 4.78 is 27.8. The van der Waals surface area contributed by atoms with Crippen LogP contribution < -0.4 is 0 Å². The number of hydrogen-bond donors (Lipinski definition) is 1. The van der Waals surface area contributed by atoms with Gasteiger partial charge in [-0.15, -0.1) is 0 Å². The highest BCUT2D eigenvalue weighted by Crippen LogP contribution is 2.31. The van der Waals surface area contributed by atoms with Gasteiger partial charge < -0.3 is 10.0 Å². The van der Waals surface area contributed by atoms with Gasteiger partial charge in [0, 0.05) is 26.2 Å². The Hall–Kier alpha value is -1.44. The van der Waals surface area contributed by atoms with Gasteiger partial charge in [0.2, 0.25) is 10.0 Å². The van der Waals surface area contributed by atoms with Crippen LogP contribution in [0.15, 0.2) is 17.0 Å². The van der Waals surface area contributed by atoms with Crippen LogP contribution in [0.5, 0.6) is 0 Å². The van der Waals surface area contributed by atoms with Crippen LogP contribution in [0.25, 0.3) is 0 Å². The topological polar surface area (TPSA) is 77.9 Å². The summed E-state index contributed by atoms with van der Waals surface area (Å²) in [5.41, 5.74) is 1.78. The number of nitrogens with zero attached hydrogens (tertiary/aromatic N) is 2.